The van der Waals surface area contributed by atoms with E-state index in [1.165, 1.54) is 12.8 Å². The predicted molar refractivity (Wildman–Crippen MR) is 92.2 cm³/mol. The van der Waals surface area contributed by atoms with Gasteiger partial charge >= 0.3 is 0 Å². The van der Waals surface area contributed by atoms with Crippen LogP contribution in [0.3, 0.4) is 0 Å². The van der Waals surface area contributed by atoms with E-state index in [1.54, 1.807) is 11.8 Å². The second-order valence-corrected chi connectivity index (χ2v) is 7.68. The van der Waals surface area contributed by atoms with E-state index < -0.39 is 0 Å². The molecule has 120 valence electrons. The quantitative estimate of drug-likeness (QED) is 0.794. The van der Waals surface area contributed by atoms with E-state index in [9.17, 15) is 4.79 Å². The summed E-state index contributed by atoms with van der Waals surface area (Å²) < 4.78 is 0. The van der Waals surface area contributed by atoms with Gasteiger partial charge in [-0.3, -0.25) is 4.79 Å². The van der Waals surface area contributed by atoms with Gasteiger partial charge in [0.25, 0.3) is 5.91 Å². The number of amides is 1. The van der Waals surface area contributed by atoms with Crippen LogP contribution < -0.4 is 10.6 Å². The number of halogens is 1. The smallest absolute Gasteiger partial charge is 0.251 e. The lowest BCUT2D eigenvalue weighted by molar-refractivity contribution is 0.0931. The van der Waals surface area contributed by atoms with Crippen molar-refractivity contribution in [2.75, 3.05) is 0 Å². The van der Waals surface area contributed by atoms with E-state index in [4.69, 9.17) is 11.6 Å². The first-order valence-corrected chi connectivity index (χ1v) is 9.06. The average molecular weight is 348 g/mol. The van der Waals surface area contributed by atoms with Gasteiger partial charge < -0.3 is 15.6 Å². The summed E-state index contributed by atoms with van der Waals surface area (Å²) in [5.74, 6) is 0.0174. The van der Waals surface area contributed by atoms with E-state index in [1.807, 2.05) is 36.4 Å². The molecule has 0 radical (unpaired) electrons. The molecule has 2 aliphatic heterocycles. The SMILES string of the molecule is O=C(NC1CC2CCC1N2)c1ccc(Sc2ccc(Cl)[nH]2)cc1. The van der Waals surface area contributed by atoms with Crippen molar-refractivity contribution in [3.05, 3.63) is 47.1 Å². The number of fused-ring (bicyclic) bond motifs is 2. The van der Waals surface area contributed by atoms with Crippen LogP contribution in [-0.2, 0) is 0 Å². The van der Waals surface area contributed by atoms with E-state index in [0.29, 0.717) is 22.8 Å². The molecule has 2 saturated heterocycles. The number of carbonyl (C=O) groups excluding carboxylic acids is 1. The molecule has 2 aromatic rings. The minimum Gasteiger partial charge on any atom is -0.348 e. The van der Waals surface area contributed by atoms with E-state index in [2.05, 4.69) is 15.6 Å². The Kier molecular flexibility index (Phi) is 4.09. The molecule has 3 atom stereocenters. The highest BCUT2D eigenvalue weighted by molar-refractivity contribution is 7.99. The first-order chi connectivity index (χ1) is 11.2. The number of carbonyl (C=O) groups is 1. The topological polar surface area (TPSA) is 56.9 Å². The van der Waals surface area contributed by atoms with Gasteiger partial charge in [0.2, 0.25) is 0 Å². The molecule has 0 aliphatic carbocycles. The second-order valence-electron chi connectivity index (χ2n) is 6.16. The molecular formula is C17H18ClN3OS. The molecule has 4 rings (SSSR count). The van der Waals surface area contributed by atoms with Gasteiger partial charge in [-0.15, -0.1) is 0 Å². The number of hydrogen-bond acceptors (Lipinski definition) is 3. The molecule has 1 aromatic heterocycles. The van der Waals surface area contributed by atoms with Crippen molar-refractivity contribution in [3.63, 3.8) is 0 Å². The molecule has 3 unspecified atom stereocenters. The summed E-state index contributed by atoms with van der Waals surface area (Å²) in [6, 6.07) is 12.8. The summed E-state index contributed by atoms with van der Waals surface area (Å²) >= 11 is 7.46. The number of hydrogen-bond donors (Lipinski definition) is 3. The molecule has 0 spiro atoms. The first kappa shape index (κ1) is 15.1. The Labute approximate surface area is 144 Å². The van der Waals surface area contributed by atoms with Crippen LogP contribution in [0.5, 0.6) is 0 Å². The summed E-state index contributed by atoms with van der Waals surface area (Å²) in [6.07, 6.45) is 3.47. The number of aromatic nitrogens is 1. The van der Waals surface area contributed by atoms with Gasteiger partial charge in [-0.1, -0.05) is 23.4 Å². The molecule has 1 aromatic carbocycles. The Bertz CT molecular complexity index is 715. The van der Waals surface area contributed by atoms with Gasteiger partial charge in [-0.05, 0) is 55.7 Å². The molecular weight excluding hydrogens is 330 g/mol. The van der Waals surface area contributed by atoms with Crippen LogP contribution in [-0.4, -0.2) is 29.0 Å². The standard InChI is InChI=1S/C17H18ClN3OS/c18-15-7-8-16(21-15)23-12-4-1-10(2-5-12)17(22)20-14-9-11-3-6-13(14)19-11/h1-2,4-5,7-8,11,13-14,19,21H,3,6,9H2,(H,20,22). The molecule has 2 bridgehead atoms. The summed E-state index contributed by atoms with van der Waals surface area (Å²) in [7, 11) is 0. The monoisotopic (exact) mass is 347 g/mol. The lowest BCUT2D eigenvalue weighted by atomic mass is 9.95. The van der Waals surface area contributed by atoms with Crippen molar-refractivity contribution in [3.8, 4) is 0 Å². The number of rotatable bonds is 4. The van der Waals surface area contributed by atoms with Gasteiger partial charge in [0.1, 0.15) is 5.15 Å². The fourth-order valence-corrected chi connectivity index (χ4v) is 4.49. The zero-order chi connectivity index (χ0) is 15.8. The Morgan fingerprint density at radius 1 is 1.17 bits per heavy atom. The predicted octanol–water partition coefficient (Wildman–Crippen LogP) is 3.44. The van der Waals surface area contributed by atoms with E-state index in [-0.39, 0.29) is 11.9 Å². The highest BCUT2D eigenvalue weighted by Crippen LogP contribution is 2.29. The van der Waals surface area contributed by atoms with Crippen molar-refractivity contribution in [2.24, 2.45) is 0 Å². The summed E-state index contributed by atoms with van der Waals surface area (Å²) in [5, 5.41) is 8.32. The van der Waals surface area contributed by atoms with Crippen LogP contribution in [0.25, 0.3) is 0 Å². The molecule has 23 heavy (non-hydrogen) atoms. The van der Waals surface area contributed by atoms with Crippen LogP contribution in [0.2, 0.25) is 5.15 Å². The highest BCUT2D eigenvalue weighted by atomic mass is 35.5. The molecule has 3 N–H and O–H groups in total. The van der Waals surface area contributed by atoms with Crippen molar-refractivity contribution in [2.45, 2.75) is 47.3 Å². The molecule has 3 heterocycles. The van der Waals surface area contributed by atoms with E-state index in [0.717, 1.165) is 16.3 Å². The van der Waals surface area contributed by atoms with Crippen LogP contribution >= 0.6 is 23.4 Å². The maximum absolute atomic E-state index is 12.4. The van der Waals surface area contributed by atoms with Crippen molar-refractivity contribution in [1.82, 2.24) is 15.6 Å². The van der Waals surface area contributed by atoms with Gasteiger partial charge in [0, 0.05) is 28.6 Å². The number of nitrogens with one attached hydrogen (secondary N) is 3. The Balaban J connectivity index is 1.38. The molecule has 2 fully saturated rings. The molecule has 6 heteroatoms. The number of benzene rings is 1. The molecule has 2 aliphatic rings. The number of aromatic amines is 1. The van der Waals surface area contributed by atoms with Crippen LogP contribution in [0, 0.1) is 0 Å². The fourth-order valence-electron chi connectivity index (χ4n) is 3.45. The van der Waals surface area contributed by atoms with Crippen LogP contribution in [0.15, 0.2) is 46.3 Å². The van der Waals surface area contributed by atoms with Gasteiger partial charge in [-0.25, -0.2) is 0 Å². The maximum Gasteiger partial charge on any atom is 0.251 e. The third-order valence-corrected chi connectivity index (χ3v) is 5.77. The zero-order valence-corrected chi connectivity index (χ0v) is 14.1. The Morgan fingerprint density at radius 3 is 2.61 bits per heavy atom. The Morgan fingerprint density at radius 2 is 2.00 bits per heavy atom. The van der Waals surface area contributed by atoms with Crippen LogP contribution in [0.1, 0.15) is 29.6 Å². The minimum atomic E-state index is 0.0174. The Hall–Kier alpha value is -1.43. The lowest BCUT2D eigenvalue weighted by Gasteiger charge is -2.21. The largest absolute Gasteiger partial charge is 0.348 e. The fraction of sp³-hybridized carbons (Fsp3) is 0.353. The van der Waals surface area contributed by atoms with Gasteiger partial charge in [-0.2, -0.15) is 0 Å². The zero-order valence-electron chi connectivity index (χ0n) is 12.5. The van der Waals surface area contributed by atoms with E-state index >= 15 is 0 Å². The third kappa shape index (κ3) is 3.27. The third-order valence-electron chi connectivity index (χ3n) is 4.58. The minimum absolute atomic E-state index is 0.0174. The lowest BCUT2D eigenvalue weighted by Crippen LogP contribution is -2.42. The molecule has 0 saturated carbocycles. The van der Waals surface area contributed by atoms with Crippen LogP contribution in [0.4, 0.5) is 0 Å². The number of H-pyrrole nitrogens is 1. The second kappa shape index (κ2) is 6.23. The normalized spacial score (nSPS) is 25.7. The average Bonchev–Trinajstić information content (AvgIpc) is 3.25. The molecule has 1 amide bonds. The first-order valence-electron chi connectivity index (χ1n) is 7.87. The summed E-state index contributed by atoms with van der Waals surface area (Å²) in [6.45, 7) is 0. The van der Waals surface area contributed by atoms with Crippen molar-refractivity contribution >= 4 is 29.3 Å². The van der Waals surface area contributed by atoms with Crippen molar-refractivity contribution in [1.29, 1.82) is 0 Å². The van der Waals surface area contributed by atoms with Gasteiger partial charge in [0.15, 0.2) is 0 Å². The maximum atomic E-state index is 12.4. The van der Waals surface area contributed by atoms with Gasteiger partial charge in [0.05, 0.1) is 5.03 Å². The summed E-state index contributed by atoms with van der Waals surface area (Å²) in [4.78, 5) is 16.5. The molecule has 4 nitrogen and oxygen atoms in total. The van der Waals surface area contributed by atoms with Crippen molar-refractivity contribution < 1.29 is 4.79 Å². The highest BCUT2D eigenvalue weighted by Gasteiger charge is 2.39. The summed E-state index contributed by atoms with van der Waals surface area (Å²) in [5.41, 5.74) is 0.710.